The van der Waals surface area contributed by atoms with Gasteiger partial charge < -0.3 is 14.2 Å². The summed E-state index contributed by atoms with van der Waals surface area (Å²) in [7, 11) is 0. The molecular weight excluding hydrogens is 600 g/mol. The Morgan fingerprint density at radius 3 is 1.02 bits per heavy atom. The first-order valence-corrected chi connectivity index (χ1v) is 20.9. The van der Waals surface area contributed by atoms with Crippen molar-refractivity contribution in [3.8, 4) is 0 Å². The predicted octanol–water partition coefficient (Wildman–Crippen LogP) is 12.8. The number of rotatable bonds is 37. The molecule has 0 rings (SSSR count). The SMILES string of the molecule is CCCCCCCCCCCCCCCCC(=O)OC[C@@H](COC(=O)CCCCCCCCC(C)C)OC(=O)CCCCCCCCC. The Labute approximate surface area is 298 Å². The number of unbranched alkanes of at least 4 members (excludes halogenated alkanes) is 24. The zero-order valence-corrected chi connectivity index (χ0v) is 32.4. The van der Waals surface area contributed by atoms with E-state index >= 15 is 0 Å². The molecule has 1 atom stereocenters. The van der Waals surface area contributed by atoms with Gasteiger partial charge in [-0.3, -0.25) is 14.4 Å². The maximum absolute atomic E-state index is 12.6. The van der Waals surface area contributed by atoms with Crippen LogP contribution < -0.4 is 0 Å². The Hall–Kier alpha value is -1.59. The Bertz CT molecular complexity index is 721. The van der Waals surface area contributed by atoms with Crippen LogP contribution >= 0.6 is 0 Å². The summed E-state index contributed by atoms with van der Waals surface area (Å²) < 4.78 is 16.6. The molecule has 0 aliphatic rings. The van der Waals surface area contributed by atoms with Crippen molar-refractivity contribution in [2.45, 2.75) is 233 Å². The highest BCUT2D eigenvalue weighted by Crippen LogP contribution is 2.15. The zero-order valence-electron chi connectivity index (χ0n) is 32.4. The van der Waals surface area contributed by atoms with Gasteiger partial charge in [0.05, 0.1) is 0 Å². The van der Waals surface area contributed by atoms with Gasteiger partial charge in [-0.2, -0.15) is 0 Å². The first kappa shape index (κ1) is 46.4. The topological polar surface area (TPSA) is 78.9 Å². The minimum Gasteiger partial charge on any atom is -0.462 e. The summed E-state index contributed by atoms with van der Waals surface area (Å²) in [4.78, 5) is 37.4. The smallest absolute Gasteiger partial charge is 0.306 e. The van der Waals surface area contributed by atoms with Crippen LogP contribution in [0.4, 0.5) is 0 Å². The highest BCUT2D eigenvalue weighted by molar-refractivity contribution is 5.71. The molecule has 48 heavy (non-hydrogen) atoms. The highest BCUT2D eigenvalue weighted by atomic mass is 16.6. The van der Waals surface area contributed by atoms with Crippen LogP contribution in [0, 0.1) is 5.92 Å². The van der Waals surface area contributed by atoms with Gasteiger partial charge in [0, 0.05) is 19.3 Å². The third-order valence-corrected chi connectivity index (χ3v) is 9.29. The van der Waals surface area contributed by atoms with Crippen molar-refractivity contribution in [1.82, 2.24) is 0 Å². The summed E-state index contributed by atoms with van der Waals surface area (Å²) in [6, 6.07) is 0. The lowest BCUT2D eigenvalue weighted by molar-refractivity contribution is -0.167. The molecule has 6 heteroatoms. The number of carbonyl (C=O) groups excluding carboxylic acids is 3. The van der Waals surface area contributed by atoms with Crippen LogP contribution in [0.25, 0.3) is 0 Å². The normalized spacial score (nSPS) is 11.9. The van der Waals surface area contributed by atoms with Crippen molar-refractivity contribution in [2.24, 2.45) is 5.92 Å². The molecule has 0 fully saturated rings. The van der Waals surface area contributed by atoms with Crippen molar-refractivity contribution < 1.29 is 28.6 Å². The minimum absolute atomic E-state index is 0.0656. The molecule has 6 nitrogen and oxygen atoms in total. The maximum atomic E-state index is 12.6. The first-order valence-electron chi connectivity index (χ1n) is 20.9. The van der Waals surface area contributed by atoms with Gasteiger partial charge >= 0.3 is 17.9 Å². The van der Waals surface area contributed by atoms with Crippen LogP contribution in [0.1, 0.15) is 227 Å². The van der Waals surface area contributed by atoms with Crippen molar-refractivity contribution in [2.75, 3.05) is 13.2 Å². The summed E-state index contributed by atoms with van der Waals surface area (Å²) in [6.45, 7) is 8.87. The molecule has 0 aliphatic heterocycles. The molecule has 0 aromatic rings. The summed E-state index contributed by atoms with van der Waals surface area (Å²) in [5.74, 6) is -0.107. The minimum atomic E-state index is -0.757. The Balaban J connectivity index is 4.25. The van der Waals surface area contributed by atoms with Crippen LogP contribution in [0.5, 0.6) is 0 Å². The summed E-state index contributed by atoms with van der Waals surface area (Å²) in [5, 5.41) is 0. The van der Waals surface area contributed by atoms with Crippen molar-refractivity contribution in [1.29, 1.82) is 0 Å². The van der Waals surface area contributed by atoms with E-state index in [1.54, 1.807) is 0 Å². The van der Waals surface area contributed by atoms with Gasteiger partial charge in [0.2, 0.25) is 0 Å². The van der Waals surface area contributed by atoms with Gasteiger partial charge in [-0.15, -0.1) is 0 Å². The third-order valence-electron chi connectivity index (χ3n) is 9.29. The second kappa shape index (κ2) is 36.7. The number of hydrogen-bond donors (Lipinski definition) is 0. The van der Waals surface area contributed by atoms with E-state index in [4.69, 9.17) is 14.2 Å². The Morgan fingerprint density at radius 2 is 0.688 bits per heavy atom. The maximum Gasteiger partial charge on any atom is 0.306 e. The van der Waals surface area contributed by atoms with E-state index < -0.39 is 6.10 Å². The van der Waals surface area contributed by atoms with Crippen molar-refractivity contribution in [3.63, 3.8) is 0 Å². The van der Waals surface area contributed by atoms with Gasteiger partial charge in [0.25, 0.3) is 0 Å². The molecule has 0 aromatic carbocycles. The molecular formula is C42H80O6. The third kappa shape index (κ3) is 35.7. The van der Waals surface area contributed by atoms with E-state index in [1.165, 1.54) is 122 Å². The quantitative estimate of drug-likeness (QED) is 0.0369. The van der Waals surface area contributed by atoms with Crippen molar-refractivity contribution in [3.05, 3.63) is 0 Å². The van der Waals surface area contributed by atoms with Crippen LogP contribution in [-0.4, -0.2) is 37.2 Å². The van der Waals surface area contributed by atoms with E-state index in [2.05, 4.69) is 27.7 Å². The lowest BCUT2D eigenvalue weighted by Gasteiger charge is -2.18. The fourth-order valence-electron chi connectivity index (χ4n) is 6.10. The highest BCUT2D eigenvalue weighted by Gasteiger charge is 2.19. The van der Waals surface area contributed by atoms with Gasteiger partial charge in [-0.1, -0.05) is 188 Å². The molecule has 0 saturated heterocycles. The van der Waals surface area contributed by atoms with Crippen LogP contribution in [0.3, 0.4) is 0 Å². The standard InChI is InChI=1S/C42H80O6/c1-5-7-9-11-13-14-15-16-17-18-19-21-25-29-33-40(43)46-36-39(48-42(45)35-31-27-20-12-10-8-6-2)37-47-41(44)34-30-26-23-22-24-28-32-38(3)4/h38-39H,5-37H2,1-4H3/t39-/m0/s1. The number of hydrogen-bond acceptors (Lipinski definition) is 6. The summed E-state index contributed by atoms with van der Waals surface area (Å²) in [5.41, 5.74) is 0. The molecule has 0 aliphatic carbocycles. The molecule has 0 N–H and O–H groups in total. The largest absolute Gasteiger partial charge is 0.462 e. The second-order valence-electron chi connectivity index (χ2n) is 14.7. The molecule has 0 unspecified atom stereocenters. The van der Waals surface area contributed by atoms with Crippen LogP contribution in [-0.2, 0) is 28.6 Å². The second-order valence-corrected chi connectivity index (χ2v) is 14.7. The average Bonchev–Trinajstić information content (AvgIpc) is 3.06. The number of ether oxygens (including phenoxy) is 3. The fraction of sp³-hybridized carbons (Fsp3) is 0.929. The fourth-order valence-corrected chi connectivity index (χ4v) is 6.10. The molecule has 0 heterocycles. The van der Waals surface area contributed by atoms with E-state index in [1.807, 2.05) is 0 Å². The van der Waals surface area contributed by atoms with Crippen molar-refractivity contribution >= 4 is 17.9 Å². The molecule has 284 valence electrons. The zero-order chi connectivity index (χ0) is 35.3. The average molecular weight is 681 g/mol. The first-order chi connectivity index (χ1) is 23.4. The van der Waals surface area contributed by atoms with Gasteiger partial charge in [-0.05, 0) is 25.2 Å². The van der Waals surface area contributed by atoms with E-state index in [0.717, 1.165) is 63.7 Å². The number of carbonyl (C=O) groups is 3. The number of esters is 3. The molecule has 0 aromatic heterocycles. The lowest BCUT2D eigenvalue weighted by atomic mass is 10.0. The van der Waals surface area contributed by atoms with Gasteiger partial charge in [0.1, 0.15) is 13.2 Å². The lowest BCUT2D eigenvalue weighted by Crippen LogP contribution is -2.30. The van der Waals surface area contributed by atoms with Crippen LogP contribution in [0.2, 0.25) is 0 Å². The van der Waals surface area contributed by atoms with Crippen LogP contribution in [0.15, 0.2) is 0 Å². The monoisotopic (exact) mass is 681 g/mol. The molecule has 0 spiro atoms. The van der Waals surface area contributed by atoms with E-state index in [0.29, 0.717) is 19.3 Å². The molecule has 0 saturated carbocycles. The summed E-state index contributed by atoms with van der Waals surface area (Å²) >= 11 is 0. The van der Waals surface area contributed by atoms with Gasteiger partial charge in [0.15, 0.2) is 6.10 Å². The molecule has 0 bridgehead atoms. The summed E-state index contributed by atoms with van der Waals surface area (Å²) in [6.07, 6.45) is 33.9. The predicted molar refractivity (Wildman–Crippen MR) is 201 cm³/mol. The van der Waals surface area contributed by atoms with E-state index in [9.17, 15) is 14.4 Å². The van der Waals surface area contributed by atoms with Gasteiger partial charge in [-0.25, -0.2) is 0 Å². The molecule has 0 amide bonds. The Kier molecular flexibility index (Phi) is 35.5. The Morgan fingerprint density at radius 1 is 0.396 bits per heavy atom. The molecule has 0 radical (unpaired) electrons. The van der Waals surface area contributed by atoms with E-state index in [-0.39, 0.29) is 31.1 Å².